The van der Waals surface area contributed by atoms with E-state index >= 15 is 0 Å². The van der Waals surface area contributed by atoms with Crippen molar-refractivity contribution < 1.29 is 13.6 Å². The van der Waals surface area contributed by atoms with E-state index < -0.39 is 12.3 Å². The summed E-state index contributed by atoms with van der Waals surface area (Å²) in [5.74, 6) is -0.106. The van der Waals surface area contributed by atoms with Crippen molar-refractivity contribution >= 4 is 21.8 Å². The molecule has 2 nitrogen and oxygen atoms in total. The van der Waals surface area contributed by atoms with E-state index in [-0.39, 0.29) is 31.8 Å². The van der Waals surface area contributed by atoms with E-state index in [4.69, 9.17) is 0 Å². The summed E-state index contributed by atoms with van der Waals surface area (Å²) in [6.45, 7) is 1.44. The van der Waals surface area contributed by atoms with Crippen LogP contribution in [0.5, 0.6) is 0 Å². The second kappa shape index (κ2) is 5.57. The Labute approximate surface area is 119 Å². The fourth-order valence-corrected chi connectivity index (χ4v) is 2.76. The van der Waals surface area contributed by atoms with Crippen LogP contribution in [0.1, 0.15) is 28.8 Å². The SMILES string of the molecule is Cc1cc(Br)ccc1C(=O)N1CCC(F)(CF)CC1. The number of hydrogen-bond acceptors (Lipinski definition) is 1. The molecule has 19 heavy (non-hydrogen) atoms. The number of carbonyl (C=O) groups is 1. The van der Waals surface area contributed by atoms with Crippen LogP contribution < -0.4 is 0 Å². The average molecular weight is 332 g/mol. The van der Waals surface area contributed by atoms with Crippen LogP contribution in [0.25, 0.3) is 0 Å². The van der Waals surface area contributed by atoms with Crippen molar-refractivity contribution in [2.45, 2.75) is 25.4 Å². The first kappa shape index (κ1) is 14.4. The quantitative estimate of drug-likeness (QED) is 0.809. The highest BCUT2D eigenvalue weighted by Gasteiger charge is 2.36. The number of benzene rings is 1. The minimum atomic E-state index is -1.74. The molecule has 1 heterocycles. The summed E-state index contributed by atoms with van der Waals surface area (Å²) >= 11 is 3.35. The van der Waals surface area contributed by atoms with Gasteiger partial charge in [-0.2, -0.15) is 0 Å². The summed E-state index contributed by atoms with van der Waals surface area (Å²) in [4.78, 5) is 13.9. The second-order valence-corrected chi connectivity index (χ2v) is 5.95. The van der Waals surface area contributed by atoms with Crippen LogP contribution in [0, 0.1) is 6.92 Å². The van der Waals surface area contributed by atoms with Crippen molar-refractivity contribution in [2.75, 3.05) is 19.8 Å². The van der Waals surface area contributed by atoms with Gasteiger partial charge in [0.1, 0.15) is 12.3 Å². The lowest BCUT2D eigenvalue weighted by atomic mass is 9.94. The highest BCUT2D eigenvalue weighted by molar-refractivity contribution is 9.10. The predicted molar refractivity (Wildman–Crippen MR) is 73.8 cm³/mol. The molecular formula is C14H16BrF2NO. The molecule has 1 saturated heterocycles. The van der Waals surface area contributed by atoms with Gasteiger partial charge < -0.3 is 4.90 Å². The minimum Gasteiger partial charge on any atom is -0.338 e. The molecule has 0 unspecified atom stereocenters. The first-order valence-electron chi connectivity index (χ1n) is 6.25. The van der Waals surface area contributed by atoms with E-state index in [1.165, 1.54) is 0 Å². The zero-order chi connectivity index (χ0) is 14.0. The maximum Gasteiger partial charge on any atom is 0.254 e. The van der Waals surface area contributed by atoms with Crippen LogP contribution in [0.15, 0.2) is 22.7 Å². The van der Waals surface area contributed by atoms with Crippen molar-refractivity contribution in [1.29, 1.82) is 0 Å². The van der Waals surface area contributed by atoms with Gasteiger partial charge >= 0.3 is 0 Å². The molecule has 5 heteroatoms. The zero-order valence-electron chi connectivity index (χ0n) is 10.8. The molecule has 0 aliphatic carbocycles. The van der Waals surface area contributed by atoms with Crippen LogP contribution in [-0.2, 0) is 0 Å². The Balaban J connectivity index is 2.09. The standard InChI is InChI=1S/C14H16BrF2NO/c1-10-8-11(15)2-3-12(10)13(19)18-6-4-14(17,9-16)5-7-18/h2-3,8H,4-7,9H2,1H3. The average Bonchev–Trinajstić information content (AvgIpc) is 2.39. The summed E-state index contributed by atoms with van der Waals surface area (Å²) in [5.41, 5.74) is -0.248. The molecule has 104 valence electrons. The van der Waals surface area contributed by atoms with Gasteiger partial charge in [-0.15, -0.1) is 0 Å². The van der Waals surface area contributed by atoms with Gasteiger partial charge in [-0.05, 0) is 30.7 Å². The Kier molecular flexibility index (Phi) is 4.23. The van der Waals surface area contributed by atoms with Crippen molar-refractivity contribution in [3.05, 3.63) is 33.8 Å². The molecule has 0 radical (unpaired) electrons. The van der Waals surface area contributed by atoms with Crippen LogP contribution >= 0.6 is 15.9 Å². The number of amides is 1. The molecule has 1 aromatic carbocycles. The largest absolute Gasteiger partial charge is 0.338 e. The fraction of sp³-hybridized carbons (Fsp3) is 0.500. The van der Waals surface area contributed by atoms with Crippen molar-refractivity contribution in [3.63, 3.8) is 0 Å². The highest BCUT2D eigenvalue weighted by Crippen LogP contribution is 2.28. The van der Waals surface area contributed by atoms with Crippen molar-refractivity contribution in [1.82, 2.24) is 4.90 Å². The predicted octanol–water partition coefficient (Wildman–Crippen LogP) is 3.67. The Morgan fingerprint density at radius 2 is 2.05 bits per heavy atom. The molecule has 2 rings (SSSR count). The van der Waals surface area contributed by atoms with E-state index in [0.717, 1.165) is 10.0 Å². The third-order valence-electron chi connectivity index (χ3n) is 3.61. The molecule has 0 spiro atoms. The molecule has 0 aromatic heterocycles. The Bertz CT molecular complexity index is 484. The van der Waals surface area contributed by atoms with E-state index in [0.29, 0.717) is 5.56 Å². The summed E-state index contributed by atoms with van der Waals surface area (Å²) in [7, 11) is 0. The summed E-state index contributed by atoms with van der Waals surface area (Å²) in [6, 6.07) is 5.44. The Morgan fingerprint density at radius 1 is 1.42 bits per heavy atom. The third kappa shape index (κ3) is 3.14. The van der Waals surface area contributed by atoms with Crippen LogP contribution in [0.3, 0.4) is 0 Å². The van der Waals surface area contributed by atoms with E-state index in [1.807, 2.05) is 19.1 Å². The first-order valence-corrected chi connectivity index (χ1v) is 7.05. The van der Waals surface area contributed by atoms with Gasteiger partial charge in [0.25, 0.3) is 5.91 Å². The molecule has 0 saturated carbocycles. The van der Waals surface area contributed by atoms with E-state index in [1.54, 1.807) is 11.0 Å². The van der Waals surface area contributed by atoms with Gasteiger partial charge in [-0.25, -0.2) is 8.78 Å². The third-order valence-corrected chi connectivity index (χ3v) is 4.10. The first-order chi connectivity index (χ1) is 8.95. The maximum absolute atomic E-state index is 13.8. The molecule has 1 aromatic rings. The summed E-state index contributed by atoms with van der Waals surface area (Å²) in [5, 5.41) is 0. The smallest absolute Gasteiger partial charge is 0.254 e. The molecule has 1 amide bonds. The number of carbonyl (C=O) groups excluding carboxylic acids is 1. The van der Waals surface area contributed by atoms with Gasteiger partial charge in [-0.3, -0.25) is 4.79 Å². The van der Waals surface area contributed by atoms with Crippen LogP contribution in [-0.4, -0.2) is 36.2 Å². The van der Waals surface area contributed by atoms with Crippen LogP contribution in [0.4, 0.5) is 8.78 Å². The maximum atomic E-state index is 13.8. The number of piperidine rings is 1. The zero-order valence-corrected chi connectivity index (χ0v) is 12.3. The lowest BCUT2D eigenvalue weighted by molar-refractivity contribution is 0.0312. The molecule has 1 aliphatic rings. The number of hydrogen-bond donors (Lipinski definition) is 0. The minimum absolute atomic E-state index is 0.0742. The Morgan fingerprint density at radius 3 is 2.58 bits per heavy atom. The molecule has 1 aliphatic heterocycles. The lowest BCUT2D eigenvalue weighted by Gasteiger charge is -2.35. The molecule has 0 N–H and O–H groups in total. The normalized spacial score (nSPS) is 18.4. The van der Waals surface area contributed by atoms with Gasteiger partial charge in [0.05, 0.1) is 0 Å². The number of rotatable bonds is 2. The molecule has 0 atom stereocenters. The fourth-order valence-electron chi connectivity index (χ4n) is 2.28. The Hall–Kier alpha value is -0.970. The molecule has 0 bridgehead atoms. The van der Waals surface area contributed by atoms with E-state index in [9.17, 15) is 13.6 Å². The lowest BCUT2D eigenvalue weighted by Crippen LogP contribution is -2.45. The molecule has 1 fully saturated rings. The van der Waals surface area contributed by atoms with Crippen molar-refractivity contribution in [2.24, 2.45) is 0 Å². The molecular weight excluding hydrogens is 316 g/mol. The highest BCUT2D eigenvalue weighted by atomic mass is 79.9. The van der Waals surface area contributed by atoms with Gasteiger partial charge in [0, 0.05) is 36.0 Å². The number of likely N-dealkylation sites (tertiary alicyclic amines) is 1. The number of nitrogens with zero attached hydrogens (tertiary/aromatic N) is 1. The van der Waals surface area contributed by atoms with Crippen LogP contribution in [0.2, 0.25) is 0 Å². The summed E-state index contributed by atoms with van der Waals surface area (Å²) in [6.07, 6.45) is 0.148. The topological polar surface area (TPSA) is 20.3 Å². The van der Waals surface area contributed by atoms with Gasteiger partial charge in [-0.1, -0.05) is 15.9 Å². The monoisotopic (exact) mass is 331 g/mol. The second-order valence-electron chi connectivity index (χ2n) is 5.04. The number of alkyl halides is 2. The van der Waals surface area contributed by atoms with E-state index in [2.05, 4.69) is 15.9 Å². The van der Waals surface area contributed by atoms with Crippen molar-refractivity contribution in [3.8, 4) is 0 Å². The number of halogens is 3. The van der Waals surface area contributed by atoms with Gasteiger partial charge in [0.15, 0.2) is 0 Å². The summed E-state index contributed by atoms with van der Waals surface area (Å²) < 4.78 is 27.2. The number of aryl methyl sites for hydroxylation is 1. The van der Waals surface area contributed by atoms with Gasteiger partial charge in [0.2, 0.25) is 0 Å².